The molecule has 0 spiro atoms. The van der Waals surface area contributed by atoms with Crippen LogP contribution in [0, 0.1) is 12.8 Å². The third-order valence-electron chi connectivity index (χ3n) is 4.94. The fourth-order valence-electron chi connectivity index (χ4n) is 3.56. The number of nitrogen functional groups attached to an aromatic ring is 1. The van der Waals surface area contributed by atoms with Crippen LogP contribution in [-0.4, -0.2) is 38.9 Å². The van der Waals surface area contributed by atoms with Crippen molar-refractivity contribution in [3.63, 3.8) is 0 Å². The first kappa shape index (κ1) is 17.3. The van der Waals surface area contributed by atoms with Gasteiger partial charge in [-0.25, -0.2) is 9.97 Å². The topological polar surface area (TPSA) is 140 Å². The maximum absolute atomic E-state index is 11.1. The number of fused-ring (bicyclic) bond motifs is 1. The van der Waals surface area contributed by atoms with Crippen LogP contribution in [0.5, 0.6) is 0 Å². The van der Waals surface area contributed by atoms with Crippen LogP contribution in [0.2, 0.25) is 0 Å². The summed E-state index contributed by atoms with van der Waals surface area (Å²) in [5, 5.41) is 0. The molecule has 0 bridgehead atoms. The van der Waals surface area contributed by atoms with Gasteiger partial charge in [0.05, 0.1) is 0 Å². The van der Waals surface area contributed by atoms with Gasteiger partial charge < -0.3 is 25.8 Å². The maximum Gasteiger partial charge on any atom is 0.217 e. The van der Waals surface area contributed by atoms with Crippen LogP contribution in [-0.2, 0) is 4.79 Å². The van der Waals surface area contributed by atoms with Crippen LogP contribution in [0.25, 0.3) is 22.7 Å². The van der Waals surface area contributed by atoms with Crippen molar-refractivity contribution in [2.45, 2.75) is 32.6 Å². The number of hydrogen-bond donors (Lipinski definition) is 3. The zero-order valence-electron chi connectivity index (χ0n) is 15.2. The first-order chi connectivity index (χ1) is 13.0. The average molecular weight is 369 g/mol. The monoisotopic (exact) mass is 369 g/mol. The molecule has 9 nitrogen and oxygen atoms in total. The van der Waals surface area contributed by atoms with Gasteiger partial charge in [0.1, 0.15) is 11.3 Å². The number of nitrogens with zero attached hydrogens (tertiary/aromatic N) is 4. The van der Waals surface area contributed by atoms with E-state index in [1.54, 1.807) is 0 Å². The Morgan fingerprint density at radius 2 is 2.22 bits per heavy atom. The lowest BCUT2D eigenvalue weighted by atomic mass is 9.93. The van der Waals surface area contributed by atoms with E-state index in [9.17, 15) is 4.79 Å². The van der Waals surface area contributed by atoms with Crippen molar-refractivity contribution < 1.29 is 9.21 Å². The van der Waals surface area contributed by atoms with Crippen molar-refractivity contribution in [3.8, 4) is 11.6 Å². The number of primary amides is 1. The van der Waals surface area contributed by atoms with E-state index in [-0.39, 0.29) is 5.91 Å². The molecule has 142 valence electrons. The van der Waals surface area contributed by atoms with Crippen LogP contribution in [0.1, 0.15) is 31.4 Å². The summed E-state index contributed by atoms with van der Waals surface area (Å²) in [5.41, 5.74) is 12.5. The summed E-state index contributed by atoms with van der Waals surface area (Å²) in [6.07, 6.45) is 3.35. The largest absolute Gasteiger partial charge is 0.458 e. The minimum absolute atomic E-state index is 0.250. The lowest BCUT2D eigenvalue weighted by Gasteiger charge is -2.32. The van der Waals surface area contributed by atoms with Gasteiger partial charge >= 0.3 is 0 Å². The van der Waals surface area contributed by atoms with E-state index < -0.39 is 0 Å². The fraction of sp³-hybridized carbons (Fsp3) is 0.444. The summed E-state index contributed by atoms with van der Waals surface area (Å²) in [5.74, 6) is 3.00. The summed E-state index contributed by atoms with van der Waals surface area (Å²) in [4.78, 5) is 29.9. The Bertz CT molecular complexity index is 977. The predicted octanol–water partition coefficient (Wildman–Crippen LogP) is 1.99. The number of nitrogens with two attached hydrogens (primary N) is 2. The highest BCUT2D eigenvalue weighted by molar-refractivity contribution is 5.85. The van der Waals surface area contributed by atoms with Crippen LogP contribution < -0.4 is 16.4 Å². The summed E-state index contributed by atoms with van der Waals surface area (Å²) >= 11 is 0. The van der Waals surface area contributed by atoms with Gasteiger partial charge in [0.2, 0.25) is 11.9 Å². The molecular weight excluding hydrogens is 346 g/mol. The molecule has 0 radical (unpaired) electrons. The minimum atomic E-state index is -0.250. The molecule has 5 N–H and O–H groups in total. The molecule has 1 fully saturated rings. The van der Waals surface area contributed by atoms with E-state index in [0.29, 0.717) is 40.9 Å². The van der Waals surface area contributed by atoms with Gasteiger partial charge in [0.25, 0.3) is 0 Å². The summed E-state index contributed by atoms with van der Waals surface area (Å²) in [6, 6.07) is 3.67. The number of aromatic amines is 1. The third kappa shape index (κ3) is 3.57. The van der Waals surface area contributed by atoms with Crippen molar-refractivity contribution in [3.05, 3.63) is 17.9 Å². The molecule has 9 heteroatoms. The highest BCUT2D eigenvalue weighted by atomic mass is 16.3. The molecule has 0 aromatic carbocycles. The fourth-order valence-corrected chi connectivity index (χ4v) is 3.56. The number of piperidine rings is 1. The maximum atomic E-state index is 11.1. The van der Waals surface area contributed by atoms with Crippen molar-refractivity contribution >= 4 is 28.8 Å². The Morgan fingerprint density at radius 3 is 2.96 bits per heavy atom. The molecule has 4 heterocycles. The molecular formula is C18H23N7O2. The molecule has 0 aliphatic carbocycles. The number of amides is 1. The van der Waals surface area contributed by atoms with E-state index >= 15 is 0 Å². The van der Waals surface area contributed by atoms with Gasteiger partial charge in [-0.3, -0.25) is 4.79 Å². The Morgan fingerprint density at radius 1 is 1.37 bits per heavy atom. The van der Waals surface area contributed by atoms with Crippen molar-refractivity contribution in [1.82, 2.24) is 19.9 Å². The number of aryl methyl sites for hydroxylation is 1. The molecule has 27 heavy (non-hydrogen) atoms. The van der Waals surface area contributed by atoms with Crippen LogP contribution in [0.3, 0.4) is 0 Å². The van der Waals surface area contributed by atoms with Gasteiger partial charge in [-0.2, -0.15) is 4.98 Å². The van der Waals surface area contributed by atoms with E-state index in [1.807, 2.05) is 19.1 Å². The normalized spacial score (nSPS) is 17.5. The van der Waals surface area contributed by atoms with Crippen LogP contribution in [0.4, 0.5) is 11.8 Å². The zero-order valence-corrected chi connectivity index (χ0v) is 15.2. The number of furan rings is 1. The summed E-state index contributed by atoms with van der Waals surface area (Å²) in [6.45, 7) is 3.58. The summed E-state index contributed by atoms with van der Waals surface area (Å²) in [7, 11) is 0. The smallest absolute Gasteiger partial charge is 0.217 e. The number of carbonyl (C=O) groups is 1. The Kier molecular flexibility index (Phi) is 4.43. The van der Waals surface area contributed by atoms with Crippen LogP contribution >= 0.6 is 0 Å². The molecule has 3 aromatic rings. The van der Waals surface area contributed by atoms with Crippen molar-refractivity contribution in [1.29, 1.82) is 0 Å². The number of imidazole rings is 1. The van der Waals surface area contributed by atoms with Crippen molar-refractivity contribution in [2.24, 2.45) is 11.7 Å². The van der Waals surface area contributed by atoms with E-state index in [4.69, 9.17) is 15.9 Å². The molecule has 1 aliphatic rings. The second-order valence-electron chi connectivity index (χ2n) is 7.06. The Hall–Kier alpha value is -3.10. The Labute approximate surface area is 156 Å². The van der Waals surface area contributed by atoms with E-state index in [1.165, 1.54) is 0 Å². The molecule has 1 atom stereocenters. The molecule has 1 amide bonds. The average Bonchev–Trinajstić information content (AvgIpc) is 3.27. The predicted molar refractivity (Wildman–Crippen MR) is 102 cm³/mol. The first-order valence-corrected chi connectivity index (χ1v) is 9.13. The van der Waals surface area contributed by atoms with Gasteiger partial charge in [0.15, 0.2) is 23.0 Å². The highest BCUT2D eigenvalue weighted by Gasteiger charge is 2.23. The van der Waals surface area contributed by atoms with Gasteiger partial charge in [-0.1, -0.05) is 0 Å². The second-order valence-corrected chi connectivity index (χ2v) is 7.06. The number of H-pyrrole nitrogens is 1. The molecule has 1 aliphatic heterocycles. The van der Waals surface area contributed by atoms with Crippen LogP contribution in [0.15, 0.2) is 16.5 Å². The van der Waals surface area contributed by atoms with E-state index in [0.717, 1.165) is 44.1 Å². The molecule has 1 unspecified atom stereocenters. The number of anilines is 2. The quantitative estimate of drug-likeness (QED) is 0.624. The number of rotatable bonds is 5. The highest BCUT2D eigenvalue weighted by Crippen LogP contribution is 2.28. The lowest BCUT2D eigenvalue weighted by Crippen LogP contribution is -2.36. The van der Waals surface area contributed by atoms with Gasteiger partial charge in [0, 0.05) is 19.5 Å². The minimum Gasteiger partial charge on any atom is -0.458 e. The SMILES string of the molecule is Cc1ccc(-c2nc(N)c3[nH]c(N4CCCC(CCC(N)=O)C4)nc3n2)o1. The first-order valence-electron chi connectivity index (χ1n) is 9.13. The van der Waals surface area contributed by atoms with Gasteiger partial charge in [-0.05, 0) is 44.2 Å². The lowest BCUT2D eigenvalue weighted by molar-refractivity contribution is -0.118. The number of hydrogen-bond acceptors (Lipinski definition) is 7. The number of aromatic nitrogens is 4. The molecule has 3 aromatic heterocycles. The molecule has 1 saturated heterocycles. The standard InChI is InChI=1S/C18H23N7O2/c1-10-4-6-12(27-10)16-22-15(20)14-17(23-16)24-18(21-14)25-8-2-3-11(9-25)5-7-13(19)26/h4,6,11H,2-3,5,7-9H2,1H3,(H2,19,26)(H3,20,21,22,23,24). The van der Waals surface area contributed by atoms with E-state index in [2.05, 4.69) is 24.8 Å². The third-order valence-corrected chi connectivity index (χ3v) is 4.94. The second kappa shape index (κ2) is 6.90. The summed E-state index contributed by atoms with van der Waals surface area (Å²) < 4.78 is 5.59. The van der Waals surface area contributed by atoms with Gasteiger partial charge in [-0.15, -0.1) is 0 Å². The number of carbonyl (C=O) groups excluding carboxylic acids is 1. The Balaban J connectivity index is 1.59. The number of nitrogens with one attached hydrogen (secondary N) is 1. The zero-order chi connectivity index (χ0) is 19.0. The molecule has 0 saturated carbocycles. The molecule has 4 rings (SSSR count). The van der Waals surface area contributed by atoms with Crippen molar-refractivity contribution in [2.75, 3.05) is 23.7 Å².